The number of hydrogen-bond donors (Lipinski definition) is 1. The zero-order chi connectivity index (χ0) is 13.8. The predicted octanol–water partition coefficient (Wildman–Crippen LogP) is 2.96. The van der Waals surface area contributed by atoms with Crippen molar-refractivity contribution in [2.24, 2.45) is 0 Å². The number of halogens is 1. The average molecular weight is 311 g/mol. The topological polar surface area (TPSA) is 41.6 Å². The first kappa shape index (κ1) is 16.1. The zero-order valence-corrected chi connectivity index (χ0v) is 13.0. The summed E-state index contributed by atoms with van der Waals surface area (Å²) in [4.78, 5) is 14.3. The minimum absolute atomic E-state index is 0. The highest BCUT2D eigenvalue weighted by molar-refractivity contribution is 5.85. The first-order valence-electron chi connectivity index (χ1n) is 7.48. The fraction of sp³-hybridized carbons (Fsp3) is 0.562. The maximum Gasteiger partial charge on any atom is 0.407 e. The number of ether oxygens (including phenoxy) is 1. The van der Waals surface area contributed by atoms with Crippen molar-refractivity contribution in [3.8, 4) is 0 Å². The number of nitrogens with zero attached hydrogens (tertiary/aromatic N) is 1. The summed E-state index contributed by atoms with van der Waals surface area (Å²) in [7, 11) is 0. The molecule has 0 saturated carbocycles. The Labute approximate surface area is 132 Å². The molecule has 2 fully saturated rings. The van der Waals surface area contributed by atoms with E-state index >= 15 is 0 Å². The fourth-order valence-electron chi connectivity index (χ4n) is 3.52. The van der Waals surface area contributed by atoms with Crippen molar-refractivity contribution >= 4 is 18.5 Å². The normalized spacial score (nSPS) is 19.6. The van der Waals surface area contributed by atoms with E-state index in [0.717, 1.165) is 12.1 Å². The van der Waals surface area contributed by atoms with E-state index in [1.807, 2.05) is 30.3 Å². The molecule has 5 heteroatoms. The molecule has 116 valence electrons. The second-order valence-electron chi connectivity index (χ2n) is 5.83. The maximum absolute atomic E-state index is 11.8. The highest BCUT2D eigenvalue weighted by atomic mass is 35.5. The lowest BCUT2D eigenvalue weighted by Crippen LogP contribution is -2.48. The summed E-state index contributed by atoms with van der Waals surface area (Å²) in [5, 5.41) is 2.95. The van der Waals surface area contributed by atoms with Crippen molar-refractivity contribution < 1.29 is 9.53 Å². The lowest BCUT2D eigenvalue weighted by molar-refractivity contribution is 0.128. The van der Waals surface area contributed by atoms with E-state index in [1.54, 1.807) is 0 Å². The second kappa shape index (κ2) is 7.14. The van der Waals surface area contributed by atoms with Crippen LogP contribution in [0, 0.1) is 0 Å². The van der Waals surface area contributed by atoms with Crippen molar-refractivity contribution in [1.82, 2.24) is 10.2 Å². The van der Waals surface area contributed by atoms with Crippen molar-refractivity contribution in [3.05, 3.63) is 35.9 Å². The number of benzene rings is 1. The van der Waals surface area contributed by atoms with E-state index in [4.69, 9.17) is 4.74 Å². The Kier molecular flexibility index (Phi) is 5.48. The van der Waals surface area contributed by atoms with Crippen molar-refractivity contribution in [1.29, 1.82) is 0 Å². The third kappa shape index (κ3) is 3.69. The Morgan fingerprint density at radius 2 is 1.86 bits per heavy atom. The Balaban J connectivity index is 0.00000161. The molecule has 0 radical (unpaired) electrons. The fourth-order valence-corrected chi connectivity index (χ4v) is 3.52. The van der Waals surface area contributed by atoms with Gasteiger partial charge >= 0.3 is 6.09 Å². The Bertz CT molecular complexity index is 457. The van der Waals surface area contributed by atoms with Gasteiger partial charge in [-0.05, 0) is 44.3 Å². The quantitative estimate of drug-likeness (QED) is 0.929. The number of carbonyl (C=O) groups is 1. The molecule has 1 amide bonds. The van der Waals surface area contributed by atoms with E-state index in [0.29, 0.717) is 6.61 Å². The van der Waals surface area contributed by atoms with Gasteiger partial charge in [-0.25, -0.2) is 4.79 Å². The van der Waals surface area contributed by atoms with Gasteiger partial charge in [-0.3, -0.25) is 4.90 Å². The molecule has 0 atom stereocenters. The van der Waals surface area contributed by atoms with Gasteiger partial charge in [0.05, 0.1) is 0 Å². The zero-order valence-electron chi connectivity index (χ0n) is 12.2. The molecule has 2 heterocycles. The number of rotatable bonds is 4. The van der Waals surface area contributed by atoms with Gasteiger partial charge in [-0.15, -0.1) is 12.4 Å². The van der Waals surface area contributed by atoms with Gasteiger partial charge in [0.1, 0.15) is 6.61 Å². The molecule has 0 spiro atoms. The van der Waals surface area contributed by atoms with E-state index in [-0.39, 0.29) is 24.0 Å². The molecule has 4 nitrogen and oxygen atoms in total. The molecule has 2 aliphatic heterocycles. The van der Waals surface area contributed by atoms with Crippen LogP contribution >= 0.6 is 12.4 Å². The van der Waals surface area contributed by atoms with E-state index in [9.17, 15) is 4.79 Å². The van der Waals surface area contributed by atoms with Crippen LogP contribution in [-0.2, 0) is 11.3 Å². The summed E-state index contributed by atoms with van der Waals surface area (Å²) in [6.45, 7) is 3.42. The molecule has 1 N–H and O–H groups in total. The lowest BCUT2D eigenvalue weighted by atomic mass is 9.94. The monoisotopic (exact) mass is 310 g/mol. The number of fused-ring (bicyclic) bond motifs is 1. The van der Waals surface area contributed by atoms with Gasteiger partial charge in [0, 0.05) is 12.1 Å². The number of amides is 1. The number of hydrogen-bond acceptors (Lipinski definition) is 3. The molecule has 1 aromatic rings. The molecule has 0 unspecified atom stereocenters. The molecule has 0 aliphatic carbocycles. The summed E-state index contributed by atoms with van der Waals surface area (Å²) in [5.74, 6) is 0. The van der Waals surface area contributed by atoms with Gasteiger partial charge in [0.2, 0.25) is 0 Å². The minimum Gasteiger partial charge on any atom is -0.445 e. The molecule has 3 rings (SSSR count). The second-order valence-corrected chi connectivity index (χ2v) is 5.83. The Morgan fingerprint density at radius 1 is 1.19 bits per heavy atom. The molecule has 1 aromatic carbocycles. The van der Waals surface area contributed by atoms with Crippen LogP contribution in [0.1, 0.15) is 31.2 Å². The standard InChI is InChI=1S/C16H22N2O2.ClH/c19-15(20-12-14-6-2-1-3-7-14)17-13-16-8-4-10-18(16)11-5-9-16;/h1-3,6-7H,4-5,8-13H2,(H,17,19);1H. The van der Waals surface area contributed by atoms with Crippen LogP contribution in [0.2, 0.25) is 0 Å². The highest BCUT2D eigenvalue weighted by Gasteiger charge is 2.44. The van der Waals surface area contributed by atoms with Crippen molar-refractivity contribution in [3.63, 3.8) is 0 Å². The molecular formula is C16H23ClN2O2. The maximum atomic E-state index is 11.8. The van der Waals surface area contributed by atoms with Crippen molar-refractivity contribution in [2.45, 2.75) is 37.8 Å². The first-order chi connectivity index (χ1) is 9.78. The summed E-state index contributed by atoms with van der Waals surface area (Å²) in [6, 6.07) is 9.77. The molecule has 2 saturated heterocycles. The summed E-state index contributed by atoms with van der Waals surface area (Å²) < 4.78 is 5.26. The lowest BCUT2D eigenvalue weighted by Gasteiger charge is -2.31. The average Bonchev–Trinajstić information content (AvgIpc) is 3.04. The Hall–Kier alpha value is -1.26. The smallest absolute Gasteiger partial charge is 0.407 e. The van der Waals surface area contributed by atoms with Crippen LogP contribution in [0.25, 0.3) is 0 Å². The van der Waals surface area contributed by atoms with Gasteiger partial charge in [-0.2, -0.15) is 0 Å². The van der Waals surface area contributed by atoms with Crippen LogP contribution in [0.5, 0.6) is 0 Å². The molecule has 21 heavy (non-hydrogen) atoms. The third-order valence-electron chi connectivity index (χ3n) is 4.59. The Morgan fingerprint density at radius 3 is 2.52 bits per heavy atom. The number of nitrogens with one attached hydrogen (secondary N) is 1. The van der Waals surface area contributed by atoms with Gasteiger partial charge < -0.3 is 10.1 Å². The molecular weight excluding hydrogens is 288 g/mol. The van der Waals surface area contributed by atoms with Crippen LogP contribution < -0.4 is 5.32 Å². The largest absolute Gasteiger partial charge is 0.445 e. The summed E-state index contributed by atoms with van der Waals surface area (Å²) in [6.07, 6.45) is 4.60. The van der Waals surface area contributed by atoms with Crippen LogP contribution in [0.15, 0.2) is 30.3 Å². The van der Waals surface area contributed by atoms with Crippen LogP contribution in [-0.4, -0.2) is 36.2 Å². The van der Waals surface area contributed by atoms with Crippen molar-refractivity contribution in [2.75, 3.05) is 19.6 Å². The number of alkyl carbamates (subject to hydrolysis) is 1. The first-order valence-corrected chi connectivity index (χ1v) is 7.48. The van der Waals surface area contributed by atoms with E-state index in [1.165, 1.54) is 38.8 Å². The SMILES string of the molecule is Cl.O=C(NCC12CCCN1CCC2)OCc1ccccc1. The number of carbonyl (C=O) groups excluding carboxylic acids is 1. The van der Waals surface area contributed by atoms with Gasteiger partial charge in [-0.1, -0.05) is 30.3 Å². The van der Waals surface area contributed by atoms with Crippen LogP contribution in [0.4, 0.5) is 4.79 Å². The summed E-state index contributed by atoms with van der Waals surface area (Å²) >= 11 is 0. The molecule has 0 aromatic heterocycles. The van der Waals surface area contributed by atoms with Gasteiger partial charge in [0.15, 0.2) is 0 Å². The van der Waals surface area contributed by atoms with E-state index < -0.39 is 0 Å². The van der Waals surface area contributed by atoms with E-state index in [2.05, 4.69) is 10.2 Å². The third-order valence-corrected chi connectivity index (χ3v) is 4.59. The van der Waals surface area contributed by atoms with Crippen LogP contribution in [0.3, 0.4) is 0 Å². The highest BCUT2D eigenvalue weighted by Crippen LogP contribution is 2.38. The predicted molar refractivity (Wildman–Crippen MR) is 84.6 cm³/mol. The molecule has 2 aliphatic rings. The summed E-state index contributed by atoms with van der Waals surface area (Å²) in [5.41, 5.74) is 1.23. The molecule has 0 bridgehead atoms. The van der Waals surface area contributed by atoms with Gasteiger partial charge in [0.25, 0.3) is 0 Å². The minimum atomic E-state index is -0.304.